The van der Waals surface area contributed by atoms with E-state index in [1.807, 2.05) is 14.0 Å². The van der Waals surface area contributed by atoms with Gasteiger partial charge >= 0.3 is 0 Å². The van der Waals surface area contributed by atoms with E-state index in [9.17, 15) is 4.79 Å². The molecule has 0 aliphatic carbocycles. The Balaban J connectivity index is 0.00000220. The summed E-state index contributed by atoms with van der Waals surface area (Å²) in [4.78, 5) is 12.6. The number of amides is 1. The first-order valence-electron chi connectivity index (χ1n) is 5.96. The van der Waals surface area contributed by atoms with Crippen LogP contribution >= 0.6 is 58.5 Å². The van der Waals surface area contributed by atoms with Crippen molar-refractivity contribution in [2.75, 3.05) is 13.6 Å². The van der Waals surface area contributed by atoms with Gasteiger partial charge < -0.3 is 10.6 Å². The van der Waals surface area contributed by atoms with Gasteiger partial charge in [0.05, 0.1) is 10.0 Å². The molecule has 0 saturated heterocycles. The van der Waals surface area contributed by atoms with Crippen molar-refractivity contribution in [3.05, 3.63) is 32.1 Å². The second-order valence-electron chi connectivity index (χ2n) is 4.41. The molecule has 2 N–H and O–H groups in total. The number of benzene rings is 1. The Kier molecular flexibility index (Phi) is 7.04. The second-order valence-corrected chi connectivity index (χ2v) is 6.68. The molecule has 8 heteroatoms. The van der Waals surface area contributed by atoms with Crippen LogP contribution in [-0.4, -0.2) is 25.5 Å². The summed E-state index contributed by atoms with van der Waals surface area (Å²) in [5.74, 6) is -0.203. The molecule has 0 spiro atoms. The Bertz CT molecular complexity index is 659. The summed E-state index contributed by atoms with van der Waals surface area (Å²) < 4.78 is 0.805. The third kappa shape index (κ3) is 4.15. The van der Waals surface area contributed by atoms with Gasteiger partial charge in [-0.05, 0) is 26.1 Å². The zero-order valence-corrected chi connectivity index (χ0v) is 15.2. The van der Waals surface area contributed by atoms with Gasteiger partial charge in [-0.3, -0.25) is 4.79 Å². The number of thiophene rings is 1. The smallest absolute Gasteiger partial charge is 0.262 e. The molecule has 0 bridgehead atoms. The third-order valence-corrected chi connectivity index (χ3v) is 5.06. The maximum atomic E-state index is 12.2. The SMILES string of the molecule is CNC(C)CNC(=O)c1sc2cc(Cl)cc(Cl)c2c1Cl.Cl. The van der Waals surface area contributed by atoms with E-state index in [1.165, 1.54) is 11.3 Å². The summed E-state index contributed by atoms with van der Waals surface area (Å²) in [6, 6.07) is 3.56. The number of carbonyl (C=O) groups excluding carboxylic acids is 1. The van der Waals surface area contributed by atoms with Gasteiger partial charge in [0.1, 0.15) is 4.88 Å². The molecule has 1 atom stereocenters. The van der Waals surface area contributed by atoms with Crippen LogP contribution in [0.4, 0.5) is 0 Å². The van der Waals surface area contributed by atoms with Crippen molar-refractivity contribution >= 4 is 74.5 Å². The molecule has 2 rings (SSSR count). The van der Waals surface area contributed by atoms with E-state index < -0.39 is 0 Å². The van der Waals surface area contributed by atoms with Crippen LogP contribution in [0, 0.1) is 0 Å². The second kappa shape index (κ2) is 7.86. The van der Waals surface area contributed by atoms with Crippen LogP contribution in [0.15, 0.2) is 12.1 Å². The summed E-state index contributed by atoms with van der Waals surface area (Å²) in [6.45, 7) is 2.50. The number of carbonyl (C=O) groups is 1. The third-order valence-electron chi connectivity index (χ3n) is 2.92. The van der Waals surface area contributed by atoms with Crippen LogP contribution in [-0.2, 0) is 0 Å². The van der Waals surface area contributed by atoms with E-state index in [2.05, 4.69) is 10.6 Å². The molecule has 0 radical (unpaired) electrons. The van der Waals surface area contributed by atoms with E-state index >= 15 is 0 Å². The van der Waals surface area contributed by atoms with Crippen molar-refractivity contribution in [1.82, 2.24) is 10.6 Å². The summed E-state index contributed by atoms with van der Waals surface area (Å²) in [7, 11) is 1.84. The fraction of sp³-hybridized carbons (Fsp3) is 0.308. The van der Waals surface area contributed by atoms with Gasteiger partial charge in [0.25, 0.3) is 5.91 Å². The maximum Gasteiger partial charge on any atom is 0.262 e. The Hall–Kier alpha value is -0.230. The van der Waals surface area contributed by atoms with E-state index in [4.69, 9.17) is 34.8 Å². The molecular weight excluding hydrogens is 374 g/mol. The minimum absolute atomic E-state index is 0. The quantitative estimate of drug-likeness (QED) is 0.803. The van der Waals surface area contributed by atoms with Gasteiger partial charge in [0.2, 0.25) is 0 Å². The summed E-state index contributed by atoms with van der Waals surface area (Å²) in [5, 5.41) is 7.91. The van der Waals surface area contributed by atoms with Crippen molar-refractivity contribution < 1.29 is 4.79 Å². The molecule has 2 aromatic rings. The van der Waals surface area contributed by atoms with Gasteiger partial charge in [-0.15, -0.1) is 23.7 Å². The standard InChI is InChI=1S/C13H13Cl3N2OS.ClH/c1-6(17-2)5-18-13(19)12-11(16)10-8(15)3-7(14)4-9(10)20-12;/h3-4,6,17H,5H2,1-2H3,(H,18,19);1H. The van der Waals surface area contributed by atoms with E-state index in [0.717, 1.165) is 4.70 Å². The Morgan fingerprint density at radius 3 is 2.62 bits per heavy atom. The summed E-state index contributed by atoms with van der Waals surface area (Å²) in [5.41, 5.74) is 0. The van der Waals surface area contributed by atoms with Crippen LogP contribution in [0.25, 0.3) is 10.1 Å². The monoisotopic (exact) mass is 386 g/mol. The predicted octanol–water partition coefficient (Wildman–Crippen LogP) is 4.62. The number of hydrogen-bond acceptors (Lipinski definition) is 3. The summed E-state index contributed by atoms with van der Waals surface area (Å²) in [6.07, 6.45) is 0. The number of fused-ring (bicyclic) bond motifs is 1. The highest BCUT2D eigenvalue weighted by atomic mass is 35.5. The fourth-order valence-corrected chi connectivity index (χ4v) is 3.98. The molecule has 3 nitrogen and oxygen atoms in total. The molecule has 1 amide bonds. The lowest BCUT2D eigenvalue weighted by molar-refractivity contribution is 0.0955. The van der Waals surface area contributed by atoms with Crippen molar-refractivity contribution in [2.24, 2.45) is 0 Å². The maximum absolute atomic E-state index is 12.2. The molecule has 0 saturated carbocycles. The molecular formula is C13H14Cl4N2OS. The lowest BCUT2D eigenvalue weighted by Crippen LogP contribution is -2.36. The number of halogens is 4. The average molecular weight is 388 g/mol. The summed E-state index contributed by atoms with van der Waals surface area (Å²) >= 11 is 19.6. The highest BCUT2D eigenvalue weighted by molar-refractivity contribution is 7.21. The molecule has 0 fully saturated rings. The molecule has 0 aliphatic heterocycles. The number of hydrogen-bond donors (Lipinski definition) is 2. The molecule has 1 aromatic heterocycles. The van der Waals surface area contributed by atoms with Crippen LogP contribution in [0.2, 0.25) is 15.1 Å². The number of likely N-dealkylation sites (N-methyl/N-ethyl adjacent to an activating group) is 1. The van der Waals surface area contributed by atoms with Gasteiger partial charge in [-0.1, -0.05) is 34.8 Å². The minimum atomic E-state index is -0.203. The van der Waals surface area contributed by atoms with Gasteiger partial charge in [0, 0.05) is 27.7 Å². The first kappa shape index (κ1) is 18.8. The zero-order chi connectivity index (χ0) is 14.9. The van der Waals surface area contributed by atoms with Crippen LogP contribution < -0.4 is 10.6 Å². The normalized spacial score (nSPS) is 12.0. The first-order chi connectivity index (χ1) is 9.43. The molecule has 1 heterocycles. The van der Waals surface area contributed by atoms with E-state index in [-0.39, 0.29) is 24.4 Å². The van der Waals surface area contributed by atoms with Crippen molar-refractivity contribution in [1.29, 1.82) is 0 Å². The van der Waals surface area contributed by atoms with Gasteiger partial charge in [0.15, 0.2) is 0 Å². The highest BCUT2D eigenvalue weighted by Gasteiger charge is 2.19. The van der Waals surface area contributed by atoms with Crippen molar-refractivity contribution in [2.45, 2.75) is 13.0 Å². The Labute approximate surface area is 148 Å². The highest BCUT2D eigenvalue weighted by Crippen LogP contribution is 2.41. The zero-order valence-electron chi connectivity index (χ0n) is 11.3. The minimum Gasteiger partial charge on any atom is -0.350 e. The Morgan fingerprint density at radius 2 is 2.00 bits per heavy atom. The van der Waals surface area contributed by atoms with Crippen molar-refractivity contribution in [3.8, 4) is 0 Å². The Morgan fingerprint density at radius 1 is 1.33 bits per heavy atom. The molecule has 0 aliphatic rings. The predicted molar refractivity (Wildman–Crippen MR) is 95.0 cm³/mol. The number of nitrogens with one attached hydrogen (secondary N) is 2. The molecule has 1 aromatic carbocycles. The van der Waals surface area contributed by atoms with Crippen LogP contribution in [0.3, 0.4) is 0 Å². The van der Waals surface area contributed by atoms with Gasteiger partial charge in [-0.2, -0.15) is 0 Å². The largest absolute Gasteiger partial charge is 0.350 e. The fourth-order valence-electron chi connectivity index (χ4n) is 1.69. The molecule has 21 heavy (non-hydrogen) atoms. The van der Waals surface area contributed by atoms with Crippen molar-refractivity contribution in [3.63, 3.8) is 0 Å². The lowest BCUT2D eigenvalue weighted by atomic mass is 10.2. The van der Waals surface area contributed by atoms with E-state index in [0.29, 0.717) is 31.9 Å². The molecule has 116 valence electrons. The van der Waals surface area contributed by atoms with Crippen LogP contribution in [0.1, 0.15) is 16.6 Å². The number of rotatable bonds is 4. The lowest BCUT2D eigenvalue weighted by Gasteiger charge is -2.10. The van der Waals surface area contributed by atoms with E-state index in [1.54, 1.807) is 12.1 Å². The van der Waals surface area contributed by atoms with Crippen LogP contribution in [0.5, 0.6) is 0 Å². The topological polar surface area (TPSA) is 41.1 Å². The average Bonchev–Trinajstić information content (AvgIpc) is 2.72. The molecule has 1 unspecified atom stereocenters. The first-order valence-corrected chi connectivity index (χ1v) is 7.91. The van der Waals surface area contributed by atoms with Gasteiger partial charge in [-0.25, -0.2) is 0 Å².